The van der Waals surface area contributed by atoms with Gasteiger partial charge in [-0.25, -0.2) is 0 Å². The largest absolute Gasteiger partial charge is 0.493 e. The molecule has 20 heavy (non-hydrogen) atoms. The first-order valence-electron chi connectivity index (χ1n) is 7.13. The number of para-hydroxylation sites is 1. The number of ether oxygens (including phenoxy) is 1. The average molecular weight is 271 g/mol. The molecular formula is C16H21N3O. The summed E-state index contributed by atoms with van der Waals surface area (Å²) in [7, 11) is 3.98. The molecule has 2 aromatic rings. The summed E-state index contributed by atoms with van der Waals surface area (Å²) in [6.45, 7) is 0.773. The minimum Gasteiger partial charge on any atom is -0.493 e. The van der Waals surface area contributed by atoms with Crippen molar-refractivity contribution in [3.63, 3.8) is 0 Å². The van der Waals surface area contributed by atoms with E-state index in [1.54, 1.807) is 0 Å². The van der Waals surface area contributed by atoms with Gasteiger partial charge >= 0.3 is 0 Å². The van der Waals surface area contributed by atoms with Gasteiger partial charge in [0, 0.05) is 31.6 Å². The van der Waals surface area contributed by atoms with E-state index in [0.29, 0.717) is 12.0 Å². The van der Waals surface area contributed by atoms with Crippen LogP contribution in [0, 0.1) is 5.92 Å². The summed E-state index contributed by atoms with van der Waals surface area (Å²) >= 11 is 0. The fraction of sp³-hybridized carbons (Fsp3) is 0.438. The molecule has 1 aromatic carbocycles. The van der Waals surface area contributed by atoms with Crippen LogP contribution < -0.4 is 10.1 Å². The number of fused-ring (bicyclic) bond motifs is 1. The minimum atomic E-state index is 0.387. The van der Waals surface area contributed by atoms with Crippen molar-refractivity contribution in [1.82, 2.24) is 15.1 Å². The second-order valence-corrected chi connectivity index (χ2v) is 5.46. The molecule has 0 saturated carbocycles. The van der Waals surface area contributed by atoms with Crippen LogP contribution in [0.5, 0.6) is 5.75 Å². The van der Waals surface area contributed by atoms with Crippen LogP contribution in [-0.4, -0.2) is 29.5 Å². The fourth-order valence-corrected chi connectivity index (χ4v) is 2.91. The molecule has 2 atom stereocenters. The van der Waals surface area contributed by atoms with Gasteiger partial charge in [0.2, 0.25) is 0 Å². The summed E-state index contributed by atoms with van der Waals surface area (Å²) in [5, 5.41) is 7.90. The van der Waals surface area contributed by atoms with Gasteiger partial charge in [0.15, 0.2) is 0 Å². The zero-order chi connectivity index (χ0) is 13.9. The van der Waals surface area contributed by atoms with E-state index in [2.05, 4.69) is 34.7 Å². The Hall–Kier alpha value is -1.81. The van der Waals surface area contributed by atoms with E-state index in [9.17, 15) is 0 Å². The number of benzene rings is 1. The van der Waals surface area contributed by atoms with Crippen molar-refractivity contribution in [2.75, 3.05) is 13.7 Å². The number of hydrogen-bond donors (Lipinski definition) is 1. The predicted octanol–water partition coefficient (Wildman–Crippen LogP) is 1.80. The lowest BCUT2D eigenvalue weighted by atomic mass is 9.88. The number of rotatable bonds is 4. The zero-order valence-electron chi connectivity index (χ0n) is 12.0. The molecule has 1 aromatic heterocycles. The van der Waals surface area contributed by atoms with E-state index in [1.165, 1.54) is 5.56 Å². The third-order valence-electron chi connectivity index (χ3n) is 4.05. The number of nitrogens with zero attached hydrogens (tertiary/aromatic N) is 2. The first-order valence-corrected chi connectivity index (χ1v) is 7.13. The molecule has 4 nitrogen and oxygen atoms in total. The topological polar surface area (TPSA) is 39.1 Å². The highest BCUT2D eigenvalue weighted by Gasteiger charge is 2.27. The lowest BCUT2D eigenvalue weighted by Gasteiger charge is -2.31. The Morgan fingerprint density at radius 3 is 3.00 bits per heavy atom. The molecule has 1 aliphatic rings. The molecule has 0 radical (unpaired) electrons. The Morgan fingerprint density at radius 2 is 2.25 bits per heavy atom. The van der Waals surface area contributed by atoms with Crippen LogP contribution in [0.1, 0.15) is 11.3 Å². The van der Waals surface area contributed by atoms with E-state index in [0.717, 1.165) is 30.9 Å². The number of nitrogens with one attached hydrogen (secondary N) is 1. The zero-order valence-corrected chi connectivity index (χ0v) is 12.0. The second kappa shape index (κ2) is 5.67. The van der Waals surface area contributed by atoms with Gasteiger partial charge in [-0.3, -0.25) is 4.68 Å². The maximum Gasteiger partial charge on any atom is 0.122 e. The molecular weight excluding hydrogens is 250 g/mol. The maximum absolute atomic E-state index is 5.90. The second-order valence-electron chi connectivity index (χ2n) is 5.46. The normalized spacial score (nSPS) is 19.2. The smallest absolute Gasteiger partial charge is 0.122 e. The quantitative estimate of drug-likeness (QED) is 0.921. The molecule has 3 rings (SSSR count). The van der Waals surface area contributed by atoms with Crippen LogP contribution >= 0.6 is 0 Å². The molecule has 1 aliphatic heterocycles. The maximum atomic E-state index is 5.90. The van der Waals surface area contributed by atoms with Crippen LogP contribution in [0.2, 0.25) is 0 Å². The Balaban J connectivity index is 1.71. The molecule has 4 heteroatoms. The Bertz CT molecular complexity index is 579. The first-order chi connectivity index (χ1) is 9.76. The highest BCUT2D eigenvalue weighted by atomic mass is 16.5. The molecule has 0 amide bonds. The molecule has 1 N–H and O–H groups in total. The SMILES string of the molecule is CNC(Cc1ccn(C)n1)C1COc2ccccc2C1. The number of likely N-dealkylation sites (N-methyl/N-ethyl adjacent to an activating group) is 1. The molecule has 0 spiro atoms. The third kappa shape index (κ3) is 2.70. The van der Waals surface area contributed by atoms with E-state index >= 15 is 0 Å². The summed E-state index contributed by atoms with van der Waals surface area (Å²) in [4.78, 5) is 0. The molecule has 2 unspecified atom stereocenters. The van der Waals surface area contributed by atoms with Crippen molar-refractivity contribution in [2.24, 2.45) is 13.0 Å². The van der Waals surface area contributed by atoms with E-state index in [1.807, 2.05) is 31.0 Å². The van der Waals surface area contributed by atoms with Crippen molar-refractivity contribution in [3.05, 3.63) is 47.8 Å². The summed E-state index contributed by atoms with van der Waals surface area (Å²) < 4.78 is 7.75. The average Bonchev–Trinajstić information content (AvgIpc) is 2.89. The van der Waals surface area contributed by atoms with E-state index in [4.69, 9.17) is 4.74 Å². The lowest BCUT2D eigenvalue weighted by Crippen LogP contribution is -2.41. The van der Waals surface area contributed by atoms with Gasteiger partial charge in [-0.1, -0.05) is 18.2 Å². The van der Waals surface area contributed by atoms with Crippen molar-refractivity contribution < 1.29 is 4.74 Å². The van der Waals surface area contributed by atoms with E-state index < -0.39 is 0 Å². The van der Waals surface area contributed by atoms with Gasteiger partial charge in [0.25, 0.3) is 0 Å². The molecule has 0 saturated heterocycles. The molecule has 0 aliphatic carbocycles. The van der Waals surface area contributed by atoms with Crippen molar-refractivity contribution in [1.29, 1.82) is 0 Å². The number of aromatic nitrogens is 2. The van der Waals surface area contributed by atoms with Gasteiger partial charge in [-0.15, -0.1) is 0 Å². The van der Waals surface area contributed by atoms with Crippen LogP contribution in [0.25, 0.3) is 0 Å². The highest BCUT2D eigenvalue weighted by molar-refractivity contribution is 5.35. The van der Waals surface area contributed by atoms with Gasteiger partial charge in [-0.05, 0) is 31.2 Å². The molecule has 2 heterocycles. The summed E-state index contributed by atoms with van der Waals surface area (Å²) in [6.07, 6.45) is 4.00. The summed E-state index contributed by atoms with van der Waals surface area (Å²) in [6, 6.07) is 10.8. The van der Waals surface area contributed by atoms with Crippen molar-refractivity contribution >= 4 is 0 Å². The van der Waals surface area contributed by atoms with Crippen LogP contribution in [0.3, 0.4) is 0 Å². The third-order valence-corrected chi connectivity index (χ3v) is 4.05. The summed E-state index contributed by atoms with van der Waals surface area (Å²) in [5.74, 6) is 1.52. The van der Waals surface area contributed by atoms with Gasteiger partial charge in [0.05, 0.1) is 12.3 Å². The van der Waals surface area contributed by atoms with Gasteiger partial charge < -0.3 is 10.1 Å². The molecule has 106 valence electrons. The van der Waals surface area contributed by atoms with Crippen LogP contribution in [0.15, 0.2) is 36.5 Å². The number of hydrogen-bond acceptors (Lipinski definition) is 3. The molecule has 0 fully saturated rings. The van der Waals surface area contributed by atoms with E-state index in [-0.39, 0.29) is 0 Å². The first kappa shape index (κ1) is 13.2. The van der Waals surface area contributed by atoms with Crippen molar-refractivity contribution in [2.45, 2.75) is 18.9 Å². The lowest BCUT2D eigenvalue weighted by molar-refractivity contribution is 0.186. The summed E-state index contributed by atoms with van der Waals surface area (Å²) in [5.41, 5.74) is 2.44. The Labute approximate surface area is 119 Å². The molecule has 0 bridgehead atoms. The van der Waals surface area contributed by atoms with Crippen LogP contribution in [-0.2, 0) is 19.9 Å². The van der Waals surface area contributed by atoms with Crippen molar-refractivity contribution in [3.8, 4) is 5.75 Å². The Morgan fingerprint density at radius 1 is 1.40 bits per heavy atom. The predicted molar refractivity (Wildman–Crippen MR) is 78.9 cm³/mol. The fourth-order valence-electron chi connectivity index (χ4n) is 2.91. The highest BCUT2D eigenvalue weighted by Crippen LogP contribution is 2.28. The van der Waals surface area contributed by atoms with Gasteiger partial charge in [-0.2, -0.15) is 5.10 Å². The standard InChI is InChI=1S/C16H21N3O/c1-17-15(10-14-7-8-19(2)18-14)13-9-12-5-3-4-6-16(12)20-11-13/h3-8,13,15,17H,9-11H2,1-2H3. The van der Waals surface area contributed by atoms with Crippen LogP contribution in [0.4, 0.5) is 0 Å². The minimum absolute atomic E-state index is 0.387. The number of aryl methyl sites for hydroxylation is 1. The Kier molecular flexibility index (Phi) is 3.74. The monoisotopic (exact) mass is 271 g/mol. The van der Waals surface area contributed by atoms with Gasteiger partial charge in [0.1, 0.15) is 5.75 Å².